The van der Waals surface area contributed by atoms with Crippen molar-refractivity contribution in [1.29, 1.82) is 0 Å². The van der Waals surface area contributed by atoms with E-state index in [9.17, 15) is 0 Å². The first-order valence-corrected chi connectivity index (χ1v) is 10.9. The molecule has 0 radical (unpaired) electrons. The lowest BCUT2D eigenvalue weighted by Crippen LogP contribution is -2.15. The first-order chi connectivity index (χ1) is 5.29. The summed E-state index contributed by atoms with van der Waals surface area (Å²) >= 11 is 0. The Hall–Kier alpha value is -0.346. The quantitative estimate of drug-likeness (QED) is 0.616. The molecular formula is C9H16Si2. The van der Waals surface area contributed by atoms with Gasteiger partial charge in [-0.25, -0.2) is 0 Å². The smallest absolute Gasteiger partial charge is 0.0184 e. The molecule has 0 saturated heterocycles. The van der Waals surface area contributed by atoms with Crippen molar-refractivity contribution >= 4 is 17.4 Å². The summed E-state index contributed by atoms with van der Waals surface area (Å²) in [6.07, 6.45) is 0. The molecule has 0 unspecified atom stereocenters. The fourth-order valence-corrected chi connectivity index (χ4v) is 5.08. The van der Waals surface area contributed by atoms with Crippen molar-refractivity contribution in [2.75, 3.05) is 0 Å². The topological polar surface area (TPSA) is 0 Å². The first-order valence-electron chi connectivity index (χ1n) is 4.33. The minimum absolute atomic E-state index is 0.201. The van der Waals surface area contributed by atoms with Gasteiger partial charge in [-0.15, -0.1) is 0 Å². The molecule has 2 heteroatoms. The van der Waals surface area contributed by atoms with Crippen molar-refractivity contribution in [3.63, 3.8) is 0 Å². The van der Waals surface area contributed by atoms with Crippen LogP contribution in [0.3, 0.4) is 0 Å². The molecule has 0 aliphatic carbocycles. The van der Waals surface area contributed by atoms with Crippen LogP contribution in [0, 0.1) is 0 Å². The summed E-state index contributed by atoms with van der Waals surface area (Å²) < 4.78 is 0. The van der Waals surface area contributed by atoms with Crippen molar-refractivity contribution in [1.82, 2.24) is 0 Å². The Bertz CT molecular complexity index is 194. The van der Waals surface area contributed by atoms with Crippen molar-refractivity contribution in [3.05, 3.63) is 35.9 Å². The van der Waals surface area contributed by atoms with Crippen LogP contribution >= 0.6 is 0 Å². The highest BCUT2D eigenvalue weighted by atomic mass is 29.2. The zero-order chi connectivity index (χ0) is 8.10. The molecule has 1 rings (SSSR count). The first kappa shape index (κ1) is 8.75. The molecule has 0 fully saturated rings. The van der Waals surface area contributed by atoms with Crippen LogP contribution in [0.2, 0.25) is 13.1 Å². The van der Waals surface area contributed by atoms with E-state index >= 15 is 0 Å². The summed E-state index contributed by atoms with van der Waals surface area (Å²) in [5, 5.41) is 0. The number of benzene rings is 1. The largest absolute Gasteiger partial charge is 0.0745 e. The Morgan fingerprint density at radius 2 is 1.82 bits per heavy atom. The molecule has 0 heterocycles. The van der Waals surface area contributed by atoms with Crippen LogP contribution in [0.4, 0.5) is 0 Å². The van der Waals surface area contributed by atoms with Gasteiger partial charge in [-0.1, -0.05) is 49.0 Å². The molecule has 0 spiro atoms. The van der Waals surface area contributed by atoms with Crippen LogP contribution in [0.25, 0.3) is 0 Å². The Labute approximate surface area is 72.9 Å². The highest BCUT2D eigenvalue weighted by Crippen LogP contribution is 1.98. The lowest BCUT2D eigenvalue weighted by Gasteiger charge is -2.01. The minimum atomic E-state index is -0.201. The molecule has 0 saturated carbocycles. The molecule has 0 bridgehead atoms. The summed E-state index contributed by atoms with van der Waals surface area (Å²) in [5.41, 5.74) is 1.56. The molecular weight excluding hydrogens is 164 g/mol. The van der Waals surface area contributed by atoms with E-state index in [1.807, 2.05) is 0 Å². The molecule has 0 amide bonds. The van der Waals surface area contributed by atoms with E-state index in [1.165, 1.54) is 6.04 Å². The van der Waals surface area contributed by atoms with Crippen molar-refractivity contribution in [2.24, 2.45) is 0 Å². The molecule has 0 nitrogen and oxygen atoms in total. The molecule has 0 aliphatic rings. The van der Waals surface area contributed by atoms with E-state index in [0.717, 1.165) is 0 Å². The third kappa shape index (κ3) is 3.53. The van der Waals surface area contributed by atoms with E-state index in [4.69, 9.17) is 0 Å². The predicted octanol–water partition coefficient (Wildman–Crippen LogP) is 1.34. The maximum Gasteiger partial charge on any atom is 0.0184 e. The Balaban J connectivity index is 2.39. The average Bonchev–Trinajstić information content (AvgIpc) is 2.03. The summed E-state index contributed by atoms with van der Waals surface area (Å²) in [5.74, 6) is 0. The van der Waals surface area contributed by atoms with E-state index < -0.39 is 0 Å². The molecule has 1 aromatic rings. The van der Waals surface area contributed by atoms with Gasteiger partial charge in [0.1, 0.15) is 0 Å². The maximum atomic E-state index is 2.47. The van der Waals surface area contributed by atoms with E-state index in [2.05, 4.69) is 43.4 Å². The third-order valence-corrected chi connectivity index (χ3v) is 8.20. The fraction of sp³-hybridized carbons (Fsp3) is 0.333. The number of hydrogen-bond acceptors (Lipinski definition) is 0. The van der Waals surface area contributed by atoms with Crippen LogP contribution < -0.4 is 0 Å². The molecule has 60 valence electrons. The highest BCUT2D eigenvalue weighted by molar-refractivity contribution is 7.10. The second kappa shape index (κ2) is 4.52. The molecule has 0 N–H and O–H groups in total. The normalized spacial score (nSPS) is 11.5. The van der Waals surface area contributed by atoms with Gasteiger partial charge in [-0.2, -0.15) is 0 Å². The van der Waals surface area contributed by atoms with Gasteiger partial charge in [0.05, 0.1) is 0 Å². The van der Waals surface area contributed by atoms with E-state index in [0.29, 0.717) is 0 Å². The average molecular weight is 180 g/mol. The van der Waals surface area contributed by atoms with Crippen molar-refractivity contribution in [2.45, 2.75) is 19.1 Å². The van der Waals surface area contributed by atoms with Gasteiger partial charge in [0.15, 0.2) is 0 Å². The number of rotatable bonds is 3. The van der Waals surface area contributed by atoms with Gasteiger partial charge < -0.3 is 0 Å². The van der Waals surface area contributed by atoms with Gasteiger partial charge in [0.2, 0.25) is 0 Å². The maximum absolute atomic E-state index is 2.47. The van der Waals surface area contributed by atoms with Gasteiger partial charge in [0.25, 0.3) is 0 Å². The Morgan fingerprint density at radius 3 is 2.36 bits per heavy atom. The van der Waals surface area contributed by atoms with Crippen molar-refractivity contribution < 1.29 is 0 Å². The summed E-state index contributed by atoms with van der Waals surface area (Å²) in [6.45, 7) is 4.93. The zero-order valence-corrected chi connectivity index (χ0v) is 9.95. The summed E-state index contributed by atoms with van der Waals surface area (Å²) in [7, 11) is 0.0853. The van der Waals surface area contributed by atoms with Crippen LogP contribution in [0.5, 0.6) is 0 Å². The van der Waals surface area contributed by atoms with Gasteiger partial charge >= 0.3 is 0 Å². The predicted molar refractivity (Wildman–Crippen MR) is 57.6 cm³/mol. The zero-order valence-electron chi connectivity index (χ0n) is 7.38. The molecule has 11 heavy (non-hydrogen) atoms. The van der Waals surface area contributed by atoms with Crippen molar-refractivity contribution in [3.8, 4) is 0 Å². The molecule has 0 aliphatic heterocycles. The fourth-order valence-electron chi connectivity index (χ4n) is 1.10. The van der Waals surface area contributed by atoms with Gasteiger partial charge in [-0.05, 0) is 6.04 Å². The summed E-state index contributed by atoms with van der Waals surface area (Å²) in [6, 6.07) is 12.3. The third-order valence-electron chi connectivity index (χ3n) is 1.85. The van der Waals surface area contributed by atoms with E-state index in [-0.39, 0.29) is 17.4 Å². The highest BCUT2D eigenvalue weighted by Gasteiger charge is 1.96. The lowest BCUT2D eigenvalue weighted by atomic mass is 10.2. The second-order valence-electron chi connectivity index (χ2n) is 3.42. The Kier molecular flexibility index (Phi) is 3.59. The van der Waals surface area contributed by atoms with Gasteiger partial charge in [0, 0.05) is 17.4 Å². The van der Waals surface area contributed by atoms with Crippen LogP contribution in [-0.2, 0) is 6.04 Å². The van der Waals surface area contributed by atoms with Crippen LogP contribution in [0.1, 0.15) is 5.56 Å². The van der Waals surface area contributed by atoms with Crippen LogP contribution in [-0.4, -0.2) is 17.4 Å². The standard InChI is InChI=1S/C9H16Si2/c1-11(2)10-8-9-6-4-3-5-7-9/h3-7,11H,8,10H2,1-2H3. The molecule has 0 atom stereocenters. The SMILES string of the molecule is C[SiH](C)[SiH2]Cc1ccccc1. The lowest BCUT2D eigenvalue weighted by molar-refractivity contribution is 1.40. The molecule has 1 aromatic carbocycles. The van der Waals surface area contributed by atoms with Crippen LogP contribution in [0.15, 0.2) is 30.3 Å². The van der Waals surface area contributed by atoms with E-state index in [1.54, 1.807) is 5.56 Å². The summed E-state index contributed by atoms with van der Waals surface area (Å²) in [4.78, 5) is 0. The number of hydrogen-bond donors (Lipinski definition) is 0. The monoisotopic (exact) mass is 180 g/mol. The Morgan fingerprint density at radius 1 is 1.18 bits per heavy atom. The second-order valence-corrected chi connectivity index (χ2v) is 13.9. The minimum Gasteiger partial charge on any atom is -0.0745 e. The van der Waals surface area contributed by atoms with Gasteiger partial charge in [-0.3, -0.25) is 0 Å². The molecule has 0 aromatic heterocycles.